The first-order valence-electron chi connectivity index (χ1n) is 10.4. The van der Waals surface area contributed by atoms with Crippen molar-refractivity contribution in [2.24, 2.45) is 7.05 Å². The summed E-state index contributed by atoms with van der Waals surface area (Å²) in [4.78, 5) is 20.7. The third kappa shape index (κ3) is 5.18. The van der Waals surface area contributed by atoms with Gasteiger partial charge in [-0.2, -0.15) is 10.1 Å². The van der Waals surface area contributed by atoms with Crippen LogP contribution in [0.1, 0.15) is 0 Å². The van der Waals surface area contributed by atoms with Crippen molar-refractivity contribution >= 4 is 40.4 Å². The Kier molecular flexibility index (Phi) is 6.49. The van der Waals surface area contributed by atoms with Crippen LogP contribution in [0.5, 0.6) is 0 Å². The molecule has 2 aromatic heterocycles. The lowest BCUT2D eigenvalue weighted by atomic mass is 10.1. The number of carbonyl (C=O) groups excluding carboxylic acids is 1. The van der Waals surface area contributed by atoms with Gasteiger partial charge >= 0.3 is 0 Å². The quantitative estimate of drug-likeness (QED) is 0.284. The van der Waals surface area contributed by atoms with Crippen LogP contribution in [0, 0.1) is 5.82 Å². The molecule has 1 amide bonds. The molecule has 0 unspecified atom stereocenters. The molecule has 2 aromatic carbocycles. The van der Waals surface area contributed by atoms with Gasteiger partial charge in [-0.15, -0.1) is 0 Å². The van der Waals surface area contributed by atoms with Gasteiger partial charge in [-0.05, 0) is 42.0 Å². The summed E-state index contributed by atoms with van der Waals surface area (Å²) in [6, 6.07) is 12.0. The maximum atomic E-state index is 14.5. The minimum absolute atomic E-state index is 0.317. The predicted molar refractivity (Wildman–Crippen MR) is 132 cm³/mol. The number of hydrogen-bond donors (Lipinski definition) is 4. The van der Waals surface area contributed by atoms with Gasteiger partial charge in [-0.1, -0.05) is 18.7 Å². The molecule has 0 atom stereocenters. The van der Waals surface area contributed by atoms with E-state index in [9.17, 15) is 9.18 Å². The summed E-state index contributed by atoms with van der Waals surface area (Å²) in [6.07, 6.45) is 6.26. The molecule has 0 radical (unpaired) electrons. The molecular weight excluding hydrogens is 435 g/mol. The molecule has 0 bridgehead atoms. The molecule has 0 aliphatic heterocycles. The third-order valence-corrected chi connectivity index (χ3v) is 4.88. The van der Waals surface area contributed by atoms with Crippen LogP contribution in [-0.2, 0) is 11.8 Å². The van der Waals surface area contributed by atoms with Gasteiger partial charge in [0.25, 0.3) is 0 Å². The van der Waals surface area contributed by atoms with E-state index in [4.69, 9.17) is 0 Å². The molecule has 34 heavy (non-hydrogen) atoms. The van der Waals surface area contributed by atoms with E-state index in [0.717, 1.165) is 5.69 Å². The number of aryl methyl sites for hydroxylation is 1. The minimum Gasteiger partial charge on any atom is -0.386 e. The number of benzene rings is 2. The molecule has 10 heteroatoms. The first-order chi connectivity index (χ1) is 16.4. The van der Waals surface area contributed by atoms with E-state index in [0.29, 0.717) is 40.0 Å². The molecule has 0 fully saturated rings. The second-order valence-corrected chi connectivity index (χ2v) is 7.33. The van der Waals surface area contributed by atoms with E-state index in [1.807, 2.05) is 13.1 Å². The molecule has 0 aliphatic carbocycles. The topological polar surface area (TPSA) is 109 Å². The zero-order chi connectivity index (χ0) is 24.1. The summed E-state index contributed by atoms with van der Waals surface area (Å²) >= 11 is 0. The molecule has 9 nitrogen and oxygen atoms in total. The highest BCUT2D eigenvalue weighted by Gasteiger charge is 2.13. The molecular formula is C24H23FN8O. The Bertz CT molecular complexity index is 1350. The first-order valence-corrected chi connectivity index (χ1v) is 10.4. The average Bonchev–Trinajstić information content (AvgIpc) is 3.23. The van der Waals surface area contributed by atoms with Crippen LogP contribution in [0.25, 0.3) is 11.1 Å². The largest absolute Gasteiger partial charge is 0.386 e. The summed E-state index contributed by atoms with van der Waals surface area (Å²) in [6.45, 7) is 3.46. The Hall–Kier alpha value is -4.73. The summed E-state index contributed by atoms with van der Waals surface area (Å²) in [5, 5.41) is 16.0. The number of rotatable bonds is 8. The fourth-order valence-corrected chi connectivity index (χ4v) is 3.25. The second kappa shape index (κ2) is 9.82. The number of hydrogen-bond acceptors (Lipinski definition) is 7. The SMILES string of the molecule is C=CC(=O)Nc1cccc(Nc2nc(Nc3cnn(C)c3)ncc2-c2ccc(NC)c(F)c2)c1. The monoisotopic (exact) mass is 458 g/mol. The highest BCUT2D eigenvalue weighted by atomic mass is 19.1. The van der Waals surface area contributed by atoms with Crippen molar-refractivity contribution in [1.29, 1.82) is 0 Å². The third-order valence-electron chi connectivity index (χ3n) is 4.88. The van der Waals surface area contributed by atoms with E-state index in [-0.39, 0.29) is 5.91 Å². The first kappa shape index (κ1) is 22.5. The van der Waals surface area contributed by atoms with Crippen molar-refractivity contribution in [3.63, 3.8) is 0 Å². The Morgan fingerprint density at radius 1 is 1.09 bits per heavy atom. The Balaban J connectivity index is 1.72. The maximum Gasteiger partial charge on any atom is 0.247 e. The lowest BCUT2D eigenvalue weighted by Gasteiger charge is -2.14. The van der Waals surface area contributed by atoms with Crippen LogP contribution < -0.4 is 21.3 Å². The number of nitrogens with zero attached hydrogens (tertiary/aromatic N) is 4. The van der Waals surface area contributed by atoms with E-state index in [2.05, 4.69) is 42.9 Å². The molecule has 4 rings (SSSR count). The van der Waals surface area contributed by atoms with E-state index in [1.165, 1.54) is 12.1 Å². The molecule has 0 saturated carbocycles. The molecule has 172 valence electrons. The number of aromatic nitrogens is 4. The zero-order valence-electron chi connectivity index (χ0n) is 18.6. The van der Waals surface area contributed by atoms with Crippen LogP contribution in [0.2, 0.25) is 0 Å². The standard InChI is InChI=1S/C24H23FN8O/c1-4-22(34)29-16-6-5-7-17(11-16)30-23-19(15-8-9-21(26-2)20(25)10-15)13-27-24(32-23)31-18-12-28-33(3)14-18/h4-14,26H,1H2,2-3H3,(H,29,34)(H2,27,30,31,32). The van der Waals surface area contributed by atoms with Crippen molar-refractivity contribution < 1.29 is 9.18 Å². The number of halogens is 1. The average molecular weight is 459 g/mol. The molecule has 0 aliphatic rings. The highest BCUT2D eigenvalue weighted by molar-refractivity contribution is 5.99. The zero-order valence-corrected chi connectivity index (χ0v) is 18.6. The summed E-state index contributed by atoms with van der Waals surface area (Å²) in [5.74, 6) is 0.0773. The van der Waals surface area contributed by atoms with Gasteiger partial charge in [0, 0.05) is 43.4 Å². The van der Waals surface area contributed by atoms with Gasteiger partial charge in [-0.25, -0.2) is 9.37 Å². The van der Waals surface area contributed by atoms with Crippen LogP contribution in [0.4, 0.5) is 38.9 Å². The number of carbonyl (C=O) groups is 1. The minimum atomic E-state index is -0.391. The normalized spacial score (nSPS) is 10.4. The van der Waals surface area contributed by atoms with Crippen LogP contribution >= 0.6 is 0 Å². The summed E-state index contributed by atoms with van der Waals surface area (Å²) in [5.41, 5.74) is 3.56. The predicted octanol–water partition coefficient (Wildman–Crippen LogP) is 4.67. The molecule has 0 saturated heterocycles. The van der Waals surface area contributed by atoms with Crippen molar-refractivity contribution in [3.05, 3.63) is 79.5 Å². The maximum absolute atomic E-state index is 14.5. The van der Waals surface area contributed by atoms with Crippen molar-refractivity contribution in [2.45, 2.75) is 0 Å². The Morgan fingerprint density at radius 2 is 1.91 bits per heavy atom. The summed E-state index contributed by atoms with van der Waals surface area (Å²) < 4.78 is 16.1. The van der Waals surface area contributed by atoms with Gasteiger partial charge in [0.2, 0.25) is 11.9 Å². The van der Waals surface area contributed by atoms with Gasteiger partial charge < -0.3 is 21.3 Å². The molecule has 2 heterocycles. The van der Waals surface area contributed by atoms with E-state index >= 15 is 0 Å². The van der Waals surface area contributed by atoms with Gasteiger partial charge in [0.15, 0.2) is 0 Å². The lowest BCUT2D eigenvalue weighted by molar-refractivity contribution is -0.111. The lowest BCUT2D eigenvalue weighted by Crippen LogP contribution is -2.07. The fraction of sp³-hybridized carbons (Fsp3) is 0.0833. The molecule has 4 aromatic rings. The molecule has 4 N–H and O–H groups in total. The molecule has 0 spiro atoms. The van der Waals surface area contributed by atoms with Gasteiger partial charge in [0.1, 0.15) is 11.6 Å². The van der Waals surface area contributed by atoms with Gasteiger partial charge in [0.05, 0.1) is 17.6 Å². The number of amides is 1. The second-order valence-electron chi connectivity index (χ2n) is 7.33. The van der Waals surface area contributed by atoms with Crippen LogP contribution in [0.15, 0.2) is 73.7 Å². The Morgan fingerprint density at radius 3 is 2.62 bits per heavy atom. The van der Waals surface area contributed by atoms with Gasteiger partial charge in [-0.3, -0.25) is 9.48 Å². The number of nitrogens with one attached hydrogen (secondary N) is 4. The summed E-state index contributed by atoms with van der Waals surface area (Å²) in [7, 11) is 3.47. The number of anilines is 6. The fourth-order valence-electron chi connectivity index (χ4n) is 3.25. The highest BCUT2D eigenvalue weighted by Crippen LogP contribution is 2.32. The smallest absolute Gasteiger partial charge is 0.247 e. The van der Waals surface area contributed by atoms with Crippen LogP contribution in [0.3, 0.4) is 0 Å². The van der Waals surface area contributed by atoms with Crippen LogP contribution in [-0.4, -0.2) is 32.7 Å². The van der Waals surface area contributed by atoms with Crippen molar-refractivity contribution in [1.82, 2.24) is 19.7 Å². The van der Waals surface area contributed by atoms with E-state index in [1.54, 1.807) is 60.7 Å². The Labute approximate surface area is 195 Å². The van der Waals surface area contributed by atoms with Crippen molar-refractivity contribution in [2.75, 3.05) is 28.3 Å². The van der Waals surface area contributed by atoms with E-state index < -0.39 is 5.82 Å². The van der Waals surface area contributed by atoms with Crippen molar-refractivity contribution in [3.8, 4) is 11.1 Å².